The van der Waals surface area contributed by atoms with Crippen LogP contribution in [0.4, 0.5) is 4.79 Å². The molecule has 0 aliphatic heterocycles. The lowest BCUT2D eigenvalue weighted by atomic mass is 10.1. The molecule has 1 N–H and O–H groups in total. The van der Waals surface area contributed by atoms with Gasteiger partial charge in [-0.1, -0.05) is 0 Å². The van der Waals surface area contributed by atoms with Crippen molar-refractivity contribution >= 4 is 6.09 Å². The fourth-order valence-electron chi connectivity index (χ4n) is 2.75. The Kier molecular flexibility index (Phi) is 4.37. The van der Waals surface area contributed by atoms with Gasteiger partial charge in [-0.2, -0.15) is 5.10 Å². The van der Waals surface area contributed by atoms with Gasteiger partial charge in [0.1, 0.15) is 6.10 Å². The lowest BCUT2D eigenvalue weighted by Gasteiger charge is -2.12. The molecule has 2 aromatic rings. The molecule has 116 valence electrons. The minimum absolute atomic E-state index is 0.0823. The van der Waals surface area contributed by atoms with Gasteiger partial charge in [0.2, 0.25) is 0 Å². The number of carbonyl (C=O) groups excluding carboxylic acids is 1. The van der Waals surface area contributed by atoms with Gasteiger partial charge in [0, 0.05) is 37.7 Å². The number of rotatable bonds is 4. The Labute approximate surface area is 129 Å². The van der Waals surface area contributed by atoms with Crippen LogP contribution in [0.15, 0.2) is 30.7 Å². The van der Waals surface area contributed by atoms with Crippen molar-refractivity contribution in [2.75, 3.05) is 0 Å². The molecule has 0 aromatic carbocycles. The number of nitrogens with zero attached hydrogens (tertiary/aromatic N) is 3. The summed E-state index contributed by atoms with van der Waals surface area (Å²) in [4.78, 5) is 16.0. The van der Waals surface area contributed by atoms with Crippen molar-refractivity contribution in [3.8, 4) is 11.3 Å². The number of ether oxygens (including phenoxy) is 1. The van der Waals surface area contributed by atoms with E-state index in [9.17, 15) is 4.79 Å². The van der Waals surface area contributed by atoms with Crippen LogP contribution >= 0.6 is 0 Å². The number of aryl methyl sites for hydroxylation is 1. The highest BCUT2D eigenvalue weighted by atomic mass is 16.6. The quantitative estimate of drug-likeness (QED) is 0.942. The lowest BCUT2D eigenvalue weighted by molar-refractivity contribution is 0.100. The number of hydrogen-bond acceptors (Lipinski definition) is 4. The van der Waals surface area contributed by atoms with Crippen molar-refractivity contribution in [2.45, 2.75) is 38.3 Å². The van der Waals surface area contributed by atoms with Crippen LogP contribution in [0, 0.1) is 0 Å². The third-order valence-electron chi connectivity index (χ3n) is 3.92. The number of pyridine rings is 1. The van der Waals surface area contributed by atoms with Gasteiger partial charge in [-0.05, 0) is 43.4 Å². The second kappa shape index (κ2) is 6.60. The molecule has 1 saturated carbocycles. The maximum Gasteiger partial charge on any atom is 0.407 e. The molecule has 1 fully saturated rings. The maximum atomic E-state index is 11.8. The van der Waals surface area contributed by atoms with Crippen molar-refractivity contribution < 1.29 is 9.53 Å². The zero-order valence-electron chi connectivity index (χ0n) is 12.7. The molecule has 3 rings (SSSR count). The smallest absolute Gasteiger partial charge is 0.407 e. The topological polar surface area (TPSA) is 69.0 Å². The summed E-state index contributed by atoms with van der Waals surface area (Å²) in [5.41, 5.74) is 2.90. The second-order valence-electron chi connectivity index (χ2n) is 5.59. The number of hydrogen-bond donors (Lipinski definition) is 1. The standard InChI is InChI=1S/C16H20N4O2/c1-20-15(6-7-19-20)13-8-12(9-17-11-13)10-18-16(21)22-14-4-2-3-5-14/h6-9,11,14H,2-5,10H2,1H3,(H,18,21). The zero-order valence-corrected chi connectivity index (χ0v) is 12.7. The summed E-state index contributed by atoms with van der Waals surface area (Å²) >= 11 is 0. The van der Waals surface area contributed by atoms with E-state index in [1.54, 1.807) is 23.3 Å². The molecule has 0 bridgehead atoms. The van der Waals surface area contributed by atoms with Gasteiger partial charge in [-0.3, -0.25) is 9.67 Å². The second-order valence-corrected chi connectivity index (χ2v) is 5.59. The molecule has 6 heteroatoms. The molecule has 0 radical (unpaired) electrons. The van der Waals surface area contributed by atoms with E-state index in [0.29, 0.717) is 6.54 Å². The van der Waals surface area contributed by atoms with Crippen molar-refractivity contribution in [1.29, 1.82) is 0 Å². The average Bonchev–Trinajstić information content (AvgIpc) is 3.17. The lowest BCUT2D eigenvalue weighted by Crippen LogP contribution is -2.27. The summed E-state index contributed by atoms with van der Waals surface area (Å²) < 4.78 is 7.16. The van der Waals surface area contributed by atoms with E-state index in [1.807, 2.05) is 19.2 Å². The Morgan fingerprint density at radius 3 is 2.95 bits per heavy atom. The Balaban J connectivity index is 1.58. The molecule has 22 heavy (non-hydrogen) atoms. The van der Waals surface area contributed by atoms with E-state index in [-0.39, 0.29) is 12.2 Å². The summed E-state index contributed by atoms with van der Waals surface area (Å²) in [6.07, 6.45) is 9.27. The molecule has 0 atom stereocenters. The van der Waals surface area contributed by atoms with Crippen LogP contribution in [0.3, 0.4) is 0 Å². The first kappa shape index (κ1) is 14.6. The van der Waals surface area contributed by atoms with Crippen LogP contribution in [-0.2, 0) is 18.3 Å². The van der Waals surface area contributed by atoms with Crippen LogP contribution < -0.4 is 5.32 Å². The van der Waals surface area contributed by atoms with E-state index >= 15 is 0 Å². The van der Waals surface area contributed by atoms with Gasteiger partial charge in [0.05, 0.1) is 5.69 Å². The van der Waals surface area contributed by atoms with E-state index in [1.165, 1.54) is 0 Å². The molecule has 0 saturated heterocycles. The average molecular weight is 300 g/mol. The van der Waals surface area contributed by atoms with E-state index in [0.717, 1.165) is 42.5 Å². The Morgan fingerprint density at radius 1 is 1.41 bits per heavy atom. The van der Waals surface area contributed by atoms with E-state index < -0.39 is 0 Å². The van der Waals surface area contributed by atoms with Crippen LogP contribution in [0.2, 0.25) is 0 Å². The predicted molar refractivity (Wildman–Crippen MR) is 82.0 cm³/mol. The molecule has 1 aliphatic carbocycles. The minimum Gasteiger partial charge on any atom is -0.446 e. The van der Waals surface area contributed by atoms with Gasteiger partial charge in [0.15, 0.2) is 0 Å². The van der Waals surface area contributed by atoms with Crippen LogP contribution in [-0.4, -0.2) is 27.0 Å². The van der Waals surface area contributed by atoms with Crippen molar-refractivity contribution in [3.05, 3.63) is 36.3 Å². The van der Waals surface area contributed by atoms with Gasteiger partial charge in [-0.25, -0.2) is 4.79 Å². The van der Waals surface area contributed by atoms with Gasteiger partial charge < -0.3 is 10.1 Å². The van der Waals surface area contributed by atoms with Crippen molar-refractivity contribution in [3.63, 3.8) is 0 Å². The molecule has 1 aliphatic rings. The first-order chi connectivity index (χ1) is 10.7. The molecular formula is C16H20N4O2. The van der Waals surface area contributed by atoms with Gasteiger partial charge in [-0.15, -0.1) is 0 Å². The summed E-state index contributed by atoms with van der Waals surface area (Å²) in [7, 11) is 1.89. The van der Waals surface area contributed by atoms with Crippen LogP contribution in [0.1, 0.15) is 31.2 Å². The van der Waals surface area contributed by atoms with Crippen molar-refractivity contribution in [2.24, 2.45) is 7.05 Å². The number of aromatic nitrogens is 3. The Hall–Kier alpha value is -2.37. The summed E-state index contributed by atoms with van der Waals surface area (Å²) in [5, 5.41) is 6.94. The maximum absolute atomic E-state index is 11.8. The Morgan fingerprint density at radius 2 is 2.23 bits per heavy atom. The number of alkyl carbamates (subject to hydrolysis) is 1. The molecule has 6 nitrogen and oxygen atoms in total. The van der Waals surface area contributed by atoms with Crippen LogP contribution in [0.5, 0.6) is 0 Å². The number of amides is 1. The largest absolute Gasteiger partial charge is 0.446 e. The molecule has 0 unspecified atom stereocenters. The molecule has 2 heterocycles. The molecule has 0 spiro atoms. The fourth-order valence-corrected chi connectivity index (χ4v) is 2.75. The molecular weight excluding hydrogens is 280 g/mol. The third kappa shape index (κ3) is 3.44. The van der Waals surface area contributed by atoms with Gasteiger partial charge >= 0.3 is 6.09 Å². The molecule has 2 aromatic heterocycles. The highest BCUT2D eigenvalue weighted by Crippen LogP contribution is 2.21. The predicted octanol–water partition coefficient (Wildman–Crippen LogP) is 2.65. The monoisotopic (exact) mass is 300 g/mol. The minimum atomic E-state index is -0.349. The number of nitrogens with one attached hydrogen (secondary N) is 1. The van der Waals surface area contributed by atoms with Gasteiger partial charge in [0.25, 0.3) is 0 Å². The normalized spacial score (nSPS) is 15.0. The van der Waals surface area contributed by atoms with Crippen molar-refractivity contribution in [1.82, 2.24) is 20.1 Å². The Bertz CT molecular complexity index is 647. The highest BCUT2D eigenvalue weighted by Gasteiger charge is 2.18. The summed E-state index contributed by atoms with van der Waals surface area (Å²) in [6, 6.07) is 3.93. The highest BCUT2D eigenvalue weighted by molar-refractivity contribution is 5.67. The first-order valence-corrected chi connectivity index (χ1v) is 7.59. The van der Waals surface area contributed by atoms with Crippen LogP contribution in [0.25, 0.3) is 11.3 Å². The SMILES string of the molecule is Cn1nccc1-c1cncc(CNC(=O)OC2CCCC2)c1. The first-order valence-electron chi connectivity index (χ1n) is 7.59. The molecule has 1 amide bonds. The third-order valence-corrected chi connectivity index (χ3v) is 3.92. The fraction of sp³-hybridized carbons (Fsp3) is 0.438. The van der Waals surface area contributed by atoms with E-state index in [4.69, 9.17) is 4.74 Å². The summed E-state index contributed by atoms with van der Waals surface area (Å²) in [6.45, 7) is 0.407. The number of carbonyl (C=O) groups is 1. The zero-order chi connectivity index (χ0) is 15.4. The summed E-state index contributed by atoms with van der Waals surface area (Å²) in [5.74, 6) is 0. The van der Waals surface area contributed by atoms with E-state index in [2.05, 4.69) is 15.4 Å².